The van der Waals surface area contributed by atoms with E-state index in [9.17, 15) is 13.6 Å². The Morgan fingerprint density at radius 3 is 2.63 bits per heavy atom. The molecule has 0 aromatic heterocycles. The van der Waals surface area contributed by atoms with Crippen molar-refractivity contribution in [2.45, 2.75) is 25.3 Å². The molecule has 0 radical (unpaired) electrons. The third-order valence-corrected chi connectivity index (χ3v) is 3.76. The Kier molecular flexibility index (Phi) is 6.71. The minimum Gasteiger partial charge on any atom is -0.466 e. The van der Waals surface area contributed by atoms with E-state index in [2.05, 4.69) is 36.6 Å². The Hall–Kier alpha value is -0.690. The summed E-state index contributed by atoms with van der Waals surface area (Å²) < 4.78 is 34.1. The molecule has 19 heavy (non-hydrogen) atoms. The summed E-state index contributed by atoms with van der Waals surface area (Å²) in [4.78, 5) is 11.5. The second-order valence-corrected chi connectivity index (χ2v) is 4.86. The molecule has 3 nitrogen and oxygen atoms in total. The molecule has 7 heteroatoms. The molecule has 0 fully saturated rings. The number of esters is 1. The summed E-state index contributed by atoms with van der Waals surface area (Å²) in [6, 6.07) is 3.06. The first-order valence-corrected chi connectivity index (χ1v) is 7.37. The number of halogens is 4. The van der Waals surface area contributed by atoms with Gasteiger partial charge in [-0.2, -0.15) is 8.78 Å². The third-order valence-electron chi connectivity index (χ3n) is 2.29. The summed E-state index contributed by atoms with van der Waals surface area (Å²) in [5.74, 6) is -0.418. The first kappa shape index (κ1) is 16.4. The molecule has 0 bridgehead atoms. The smallest absolute Gasteiger partial charge is 0.387 e. The predicted molar refractivity (Wildman–Crippen MR) is 73.7 cm³/mol. The largest absolute Gasteiger partial charge is 0.466 e. The van der Waals surface area contributed by atoms with E-state index in [1.165, 1.54) is 6.07 Å². The van der Waals surface area contributed by atoms with Gasteiger partial charge in [-0.15, -0.1) is 0 Å². The zero-order valence-corrected chi connectivity index (χ0v) is 13.3. The zero-order valence-electron chi connectivity index (χ0n) is 10.1. The van der Waals surface area contributed by atoms with E-state index < -0.39 is 12.6 Å². The molecule has 1 rings (SSSR count). The van der Waals surface area contributed by atoms with Crippen molar-refractivity contribution in [3.05, 3.63) is 27.7 Å². The van der Waals surface area contributed by atoms with Crippen molar-refractivity contribution in [2.75, 3.05) is 6.61 Å². The Labute approximate surface area is 126 Å². The highest BCUT2D eigenvalue weighted by atomic mass is 79.9. The molecular weight excluding hydrogens is 390 g/mol. The number of ether oxygens (including phenoxy) is 2. The van der Waals surface area contributed by atoms with Gasteiger partial charge in [-0.05, 0) is 40.0 Å². The van der Waals surface area contributed by atoms with Crippen LogP contribution in [-0.2, 0) is 21.3 Å². The fourth-order valence-corrected chi connectivity index (χ4v) is 2.65. The summed E-state index contributed by atoms with van der Waals surface area (Å²) in [5, 5.41) is 0.495. The molecule has 0 saturated heterocycles. The Bertz CT molecular complexity index is 453. The standard InChI is InChI=1S/C12H12Br2F2O3/c1-2-18-10(17)5-8-7(6-13)3-4-9(11(8)14)19-12(15)16/h3-4,12H,2,5-6H2,1H3. The summed E-state index contributed by atoms with van der Waals surface area (Å²) >= 11 is 6.48. The zero-order chi connectivity index (χ0) is 14.4. The number of carbonyl (C=O) groups excluding carboxylic acids is 1. The summed E-state index contributed by atoms with van der Waals surface area (Å²) in [7, 11) is 0. The average molecular weight is 402 g/mol. The quantitative estimate of drug-likeness (QED) is 0.532. The normalized spacial score (nSPS) is 10.6. The van der Waals surface area contributed by atoms with Crippen LogP contribution in [0.4, 0.5) is 8.78 Å². The summed E-state index contributed by atoms with van der Waals surface area (Å²) in [6.07, 6.45) is -0.00417. The van der Waals surface area contributed by atoms with Crippen LogP contribution < -0.4 is 4.74 Å². The van der Waals surface area contributed by atoms with Crippen molar-refractivity contribution in [1.82, 2.24) is 0 Å². The Morgan fingerprint density at radius 2 is 2.11 bits per heavy atom. The SMILES string of the molecule is CCOC(=O)Cc1c(CBr)ccc(OC(F)F)c1Br. The molecule has 0 atom stereocenters. The molecule has 0 heterocycles. The Balaban J connectivity index is 3.07. The molecule has 0 saturated carbocycles. The maximum absolute atomic E-state index is 12.3. The van der Waals surface area contributed by atoms with Gasteiger partial charge < -0.3 is 9.47 Å². The first-order valence-electron chi connectivity index (χ1n) is 5.46. The molecule has 0 aliphatic heterocycles. The highest BCUT2D eigenvalue weighted by Crippen LogP contribution is 2.33. The number of hydrogen-bond donors (Lipinski definition) is 0. The van der Waals surface area contributed by atoms with Crippen molar-refractivity contribution in [3.63, 3.8) is 0 Å². The van der Waals surface area contributed by atoms with Crippen molar-refractivity contribution < 1.29 is 23.0 Å². The first-order chi connectivity index (χ1) is 8.99. The molecule has 1 aromatic carbocycles. The van der Waals surface area contributed by atoms with Gasteiger partial charge in [0.15, 0.2) is 0 Å². The number of benzene rings is 1. The number of carbonyl (C=O) groups is 1. The second kappa shape index (κ2) is 7.79. The van der Waals surface area contributed by atoms with E-state index in [0.717, 1.165) is 5.56 Å². The molecule has 106 valence electrons. The molecule has 1 aromatic rings. The fourth-order valence-electron chi connectivity index (χ4n) is 1.50. The van der Waals surface area contributed by atoms with Gasteiger partial charge in [-0.25, -0.2) is 0 Å². The molecule has 0 unspecified atom stereocenters. The minimum absolute atomic E-state index is 0.000927. The minimum atomic E-state index is -2.92. The molecule has 0 aliphatic rings. The highest BCUT2D eigenvalue weighted by Gasteiger charge is 2.17. The molecule has 0 aliphatic carbocycles. The lowest BCUT2D eigenvalue weighted by atomic mass is 10.1. The van der Waals surface area contributed by atoms with Crippen molar-refractivity contribution in [1.29, 1.82) is 0 Å². The second-order valence-electron chi connectivity index (χ2n) is 3.51. The van der Waals surface area contributed by atoms with Crippen molar-refractivity contribution >= 4 is 37.8 Å². The third kappa shape index (κ3) is 4.72. The molecule has 0 amide bonds. The van der Waals surface area contributed by atoms with Gasteiger partial charge in [0.2, 0.25) is 0 Å². The van der Waals surface area contributed by atoms with Crippen LogP contribution >= 0.6 is 31.9 Å². The van der Waals surface area contributed by atoms with Crippen LogP contribution in [0.2, 0.25) is 0 Å². The topological polar surface area (TPSA) is 35.5 Å². The fraction of sp³-hybridized carbons (Fsp3) is 0.417. The Morgan fingerprint density at radius 1 is 1.42 bits per heavy atom. The van der Waals surface area contributed by atoms with Gasteiger partial charge in [0.05, 0.1) is 17.5 Å². The van der Waals surface area contributed by atoms with Gasteiger partial charge in [0.1, 0.15) is 5.75 Å². The lowest BCUT2D eigenvalue weighted by Crippen LogP contribution is -2.11. The van der Waals surface area contributed by atoms with Crippen LogP contribution in [0, 0.1) is 0 Å². The monoisotopic (exact) mass is 400 g/mol. The van der Waals surface area contributed by atoms with Gasteiger partial charge in [0.25, 0.3) is 0 Å². The van der Waals surface area contributed by atoms with Gasteiger partial charge >= 0.3 is 12.6 Å². The number of rotatable bonds is 6. The van der Waals surface area contributed by atoms with Crippen LogP contribution in [0.25, 0.3) is 0 Å². The van der Waals surface area contributed by atoms with E-state index in [4.69, 9.17) is 4.74 Å². The van der Waals surface area contributed by atoms with E-state index >= 15 is 0 Å². The maximum atomic E-state index is 12.3. The summed E-state index contributed by atoms with van der Waals surface area (Å²) in [5.41, 5.74) is 1.38. The van der Waals surface area contributed by atoms with E-state index in [0.29, 0.717) is 15.4 Å². The van der Waals surface area contributed by atoms with E-state index in [1.807, 2.05) is 0 Å². The van der Waals surface area contributed by atoms with E-state index in [1.54, 1.807) is 13.0 Å². The van der Waals surface area contributed by atoms with Crippen LogP contribution in [0.5, 0.6) is 5.75 Å². The summed E-state index contributed by atoms with van der Waals surface area (Å²) in [6.45, 7) is -0.941. The average Bonchev–Trinajstić information content (AvgIpc) is 2.34. The van der Waals surface area contributed by atoms with Crippen LogP contribution in [0.1, 0.15) is 18.1 Å². The predicted octanol–water partition coefficient (Wildman–Crippen LogP) is 4.05. The van der Waals surface area contributed by atoms with E-state index in [-0.39, 0.29) is 18.8 Å². The molecule has 0 N–H and O–H groups in total. The lowest BCUT2D eigenvalue weighted by Gasteiger charge is -2.14. The number of hydrogen-bond acceptors (Lipinski definition) is 3. The molecular formula is C12H12Br2F2O3. The van der Waals surface area contributed by atoms with Crippen LogP contribution in [0.3, 0.4) is 0 Å². The van der Waals surface area contributed by atoms with Crippen molar-refractivity contribution in [3.8, 4) is 5.75 Å². The van der Waals surface area contributed by atoms with Crippen molar-refractivity contribution in [2.24, 2.45) is 0 Å². The van der Waals surface area contributed by atoms with Gasteiger partial charge in [-0.1, -0.05) is 22.0 Å². The van der Waals surface area contributed by atoms with Crippen LogP contribution in [0.15, 0.2) is 16.6 Å². The van der Waals surface area contributed by atoms with Crippen LogP contribution in [-0.4, -0.2) is 19.2 Å². The maximum Gasteiger partial charge on any atom is 0.387 e. The van der Waals surface area contributed by atoms with Gasteiger partial charge in [-0.3, -0.25) is 4.79 Å². The van der Waals surface area contributed by atoms with Gasteiger partial charge in [0, 0.05) is 5.33 Å². The lowest BCUT2D eigenvalue weighted by molar-refractivity contribution is -0.142. The molecule has 0 spiro atoms. The number of alkyl halides is 3. The highest BCUT2D eigenvalue weighted by molar-refractivity contribution is 9.10.